The van der Waals surface area contributed by atoms with E-state index in [4.69, 9.17) is 16.3 Å². The summed E-state index contributed by atoms with van der Waals surface area (Å²) in [4.78, 5) is 32.0. The van der Waals surface area contributed by atoms with Crippen molar-refractivity contribution in [2.75, 3.05) is 16.4 Å². The number of hydrogen-bond donors (Lipinski definition) is 1. The van der Waals surface area contributed by atoms with Gasteiger partial charge < -0.3 is 18.9 Å². The first kappa shape index (κ1) is 32.8. The average molecular weight is 710 g/mol. The van der Waals surface area contributed by atoms with Gasteiger partial charge in [0, 0.05) is 58.9 Å². The zero-order chi connectivity index (χ0) is 34.9. The van der Waals surface area contributed by atoms with E-state index in [9.17, 15) is 14.7 Å². The molecule has 4 atom stereocenters. The van der Waals surface area contributed by atoms with Crippen molar-refractivity contribution in [2.24, 2.45) is 5.92 Å². The van der Waals surface area contributed by atoms with Crippen molar-refractivity contribution in [2.45, 2.75) is 63.2 Å². The summed E-state index contributed by atoms with van der Waals surface area (Å²) in [5.74, 6) is -0.815. The molecule has 256 valence electrons. The Bertz CT molecular complexity index is 2170. The van der Waals surface area contributed by atoms with Gasteiger partial charge in [-0.15, -0.1) is 5.10 Å². The molecule has 12 heteroatoms. The predicted octanol–water partition coefficient (Wildman–Crippen LogP) is 7.32. The van der Waals surface area contributed by atoms with Crippen LogP contribution in [0.15, 0.2) is 85.1 Å². The maximum atomic E-state index is 16.3. The van der Waals surface area contributed by atoms with Crippen LogP contribution < -0.4 is 9.80 Å². The minimum Gasteiger partial charge on any atom is -0.396 e. The number of aliphatic hydroxyl groups is 1. The lowest BCUT2D eigenvalue weighted by Crippen LogP contribution is -2.45. The monoisotopic (exact) mass is 709 g/mol. The molecule has 8 rings (SSSR count). The van der Waals surface area contributed by atoms with E-state index in [1.54, 1.807) is 45.9 Å². The first-order valence-electron chi connectivity index (χ1n) is 16.9. The highest BCUT2D eigenvalue weighted by atomic mass is 35.5. The predicted molar refractivity (Wildman–Crippen MR) is 193 cm³/mol. The molecule has 1 aromatic heterocycles. The smallest absolute Gasteiger partial charge is 0.264 e. The zero-order valence-electron chi connectivity index (χ0n) is 28.0. The van der Waals surface area contributed by atoms with Gasteiger partial charge in [-0.2, -0.15) is 0 Å². The van der Waals surface area contributed by atoms with Gasteiger partial charge in [-0.25, -0.2) is 0 Å². The molecule has 5 aromatic rings. The second-order valence-electron chi connectivity index (χ2n) is 14.1. The largest absolute Gasteiger partial charge is 0.396 e. The van der Waals surface area contributed by atoms with Crippen molar-refractivity contribution in [3.63, 3.8) is 0 Å². The third-order valence-electron chi connectivity index (χ3n) is 10.6. The van der Waals surface area contributed by atoms with Crippen LogP contribution in [0, 0.1) is 5.92 Å². The maximum Gasteiger partial charge on any atom is 0.264 e. The highest BCUT2D eigenvalue weighted by molar-refractivity contribution is 6.72. The fourth-order valence-corrected chi connectivity index (χ4v) is 11.2. The molecule has 4 heterocycles. The summed E-state index contributed by atoms with van der Waals surface area (Å²) in [5.41, 5.74) is 3.12. The molecule has 1 fully saturated rings. The van der Waals surface area contributed by atoms with Crippen LogP contribution in [0.4, 0.5) is 21.2 Å². The Balaban J connectivity index is 1.12. The Morgan fingerprint density at radius 3 is 2.58 bits per heavy atom. The van der Waals surface area contributed by atoms with Gasteiger partial charge in [-0.3, -0.25) is 19.2 Å². The van der Waals surface area contributed by atoms with Gasteiger partial charge in [0.2, 0.25) is 8.41 Å². The summed E-state index contributed by atoms with van der Waals surface area (Å²) >= 11 is 6.57. The lowest BCUT2D eigenvalue weighted by molar-refractivity contribution is -0.146. The number of ether oxygens (including phenoxy) is 1. The van der Waals surface area contributed by atoms with Crippen LogP contribution >= 0.6 is 11.6 Å². The molecule has 1 N–H and O–H groups in total. The van der Waals surface area contributed by atoms with Gasteiger partial charge in [0.05, 0.1) is 35.3 Å². The van der Waals surface area contributed by atoms with Gasteiger partial charge in [0.15, 0.2) is 5.60 Å². The van der Waals surface area contributed by atoms with E-state index in [1.165, 1.54) is 0 Å². The van der Waals surface area contributed by atoms with Crippen LogP contribution in [0.3, 0.4) is 0 Å². The van der Waals surface area contributed by atoms with Crippen LogP contribution in [-0.4, -0.2) is 53.0 Å². The number of rotatable bonds is 9. The molecule has 4 aromatic carbocycles. The van der Waals surface area contributed by atoms with Gasteiger partial charge in [0.25, 0.3) is 11.8 Å². The first-order chi connectivity index (χ1) is 24.0. The van der Waals surface area contributed by atoms with Crippen molar-refractivity contribution in [1.82, 2.24) is 15.0 Å². The number of benzene rings is 4. The molecule has 1 spiro atoms. The van der Waals surface area contributed by atoms with Crippen molar-refractivity contribution < 1.29 is 23.5 Å². The maximum absolute atomic E-state index is 16.3. The van der Waals surface area contributed by atoms with Crippen LogP contribution in [0.5, 0.6) is 0 Å². The van der Waals surface area contributed by atoms with E-state index in [0.29, 0.717) is 52.6 Å². The molecular weight excluding hydrogens is 673 g/mol. The summed E-state index contributed by atoms with van der Waals surface area (Å²) in [6.07, 6.45) is 2.06. The second kappa shape index (κ2) is 12.1. The number of hydrogen-bond acceptors (Lipinski definition) is 6. The number of carbonyl (C=O) groups excluding carboxylic acids is 2. The standard InChI is InChI=1S/C38H37ClFN5O4Si/c1-23-35(50(2,3)40)33(15-17-43-22-27(16-18-46)41-42-43)49-38(23)30-20-26(39)13-14-31(30)44(37(38)48)21-24-7-4-10-28(19-24)45-32-12-6-9-25-8-5-11-29(34(25)32)36(45)47/h4-14,19-20,22-23,33,35,46H,15-18,21H2,1-3H3/t23-,33+,35-,38+/m1/s1. The average Bonchev–Trinajstić information content (AvgIpc) is 3.80. The fraction of sp³-hybridized carbons (Fsp3) is 0.316. The second-order valence-corrected chi connectivity index (χ2v) is 18.3. The van der Waals surface area contributed by atoms with Crippen molar-refractivity contribution in [3.05, 3.63) is 112 Å². The normalized spacial score (nSPS) is 22.8. The van der Waals surface area contributed by atoms with Crippen LogP contribution in [-0.2, 0) is 34.6 Å². The molecule has 0 saturated carbocycles. The Morgan fingerprint density at radius 2 is 1.80 bits per heavy atom. The molecular formula is C38H37ClFN5O4Si. The number of fused-ring (bicyclic) bond motifs is 2. The van der Waals surface area contributed by atoms with Gasteiger partial charge in [-0.1, -0.05) is 60.1 Å². The van der Waals surface area contributed by atoms with Crippen molar-refractivity contribution >= 4 is 59.7 Å². The number of carbonyl (C=O) groups is 2. The van der Waals surface area contributed by atoms with Crippen LogP contribution in [0.1, 0.15) is 40.5 Å². The van der Waals surface area contributed by atoms with Crippen molar-refractivity contribution in [3.8, 4) is 0 Å². The summed E-state index contributed by atoms with van der Waals surface area (Å²) in [5, 5.41) is 20.0. The molecule has 0 bridgehead atoms. The van der Waals surface area contributed by atoms with Gasteiger partial charge >= 0.3 is 0 Å². The van der Waals surface area contributed by atoms with Crippen LogP contribution in [0.2, 0.25) is 23.7 Å². The molecule has 3 aliphatic rings. The highest BCUT2D eigenvalue weighted by Gasteiger charge is 2.66. The molecule has 0 aliphatic carbocycles. The molecule has 0 unspecified atom stereocenters. The molecule has 0 radical (unpaired) electrons. The highest BCUT2D eigenvalue weighted by Crippen LogP contribution is 2.60. The molecule has 3 aliphatic heterocycles. The minimum absolute atomic E-state index is 0.0276. The lowest BCUT2D eigenvalue weighted by Gasteiger charge is -2.31. The quantitative estimate of drug-likeness (QED) is 0.127. The van der Waals surface area contributed by atoms with Gasteiger partial charge in [-0.05, 0) is 72.9 Å². The van der Waals surface area contributed by atoms with E-state index in [-0.39, 0.29) is 25.0 Å². The van der Waals surface area contributed by atoms with E-state index < -0.39 is 31.6 Å². The molecule has 50 heavy (non-hydrogen) atoms. The van der Waals surface area contributed by atoms with E-state index in [0.717, 1.165) is 22.0 Å². The molecule has 9 nitrogen and oxygen atoms in total. The van der Waals surface area contributed by atoms with E-state index >= 15 is 4.11 Å². The third-order valence-corrected chi connectivity index (χ3v) is 13.3. The van der Waals surface area contributed by atoms with E-state index in [1.807, 2.05) is 73.7 Å². The van der Waals surface area contributed by atoms with Gasteiger partial charge in [0.1, 0.15) is 0 Å². The summed E-state index contributed by atoms with van der Waals surface area (Å²) in [6, 6.07) is 24.7. The number of aromatic nitrogens is 3. The first-order valence-corrected chi connectivity index (χ1v) is 20.3. The SMILES string of the molecule is C[C@@H]1[C@@H]([Si](C)(C)F)[C@H](CCn2cc(CCO)nn2)O[C@@]12C(=O)N(Cc1cccc(N3C(=O)c4cccc5cccc3c45)c1)c1ccc(Cl)cc12. The Kier molecular flexibility index (Phi) is 7.94. The lowest BCUT2D eigenvalue weighted by atomic mass is 9.82. The topological polar surface area (TPSA) is 101 Å². The molecule has 2 amide bonds. The zero-order valence-corrected chi connectivity index (χ0v) is 29.8. The fourth-order valence-electron chi connectivity index (χ4n) is 8.53. The number of halogens is 2. The number of anilines is 3. The van der Waals surface area contributed by atoms with E-state index in [2.05, 4.69) is 10.3 Å². The number of aliphatic hydroxyl groups excluding tert-OH is 1. The van der Waals surface area contributed by atoms with Crippen molar-refractivity contribution in [1.29, 1.82) is 0 Å². The Morgan fingerprint density at radius 1 is 1.02 bits per heavy atom. The van der Waals surface area contributed by atoms with Crippen LogP contribution in [0.25, 0.3) is 10.8 Å². The Hall–Kier alpha value is -4.42. The summed E-state index contributed by atoms with van der Waals surface area (Å²) < 4.78 is 24.9. The summed E-state index contributed by atoms with van der Waals surface area (Å²) in [7, 11) is -3.37. The number of amides is 2. The summed E-state index contributed by atoms with van der Waals surface area (Å²) in [6.45, 7) is 5.90. The number of aryl methyl sites for hydroxylation is 1. The minimum atomic E-state index is -3.37. The number of nitrogens with zero attached hydrogens (tertiary/aromatic N) is 5. The molecule has 1 saturated heterocycles. The third kappa shape index (κ3) is 5.09. The Labute approximate surface area is 295 Å².